The van der Waals surface area contributed by atoms with E-state index < -0.39 is 0 Å². The van der Waals surface area contributed by atoms with Crippen molar-refractivity contribution in [1.29, 1.82) is 0 Å². The van der Waals surface area contributed by atoms with E-state index in [4.69, 9.17) is 11.6 Å². The highest BCUT2D eigenvalue weighted by Crippen LogP contribution is 2.35. The molecule has 1 atom stereocenters. The minimum atomic E-state index is -0.343. The lowest BCUT2D eigenvalue weighted by atomic mass is 9.75. The minimum Gasteiger partial charge on any atom is -0.316 e. The Labute approximate surface area is 112 Å². The molecule has 1 aromatic rings. The van der Waals surface area contributed by atoms with Crippen LogP contribution in [0.3, 0.4) is 0 Å². The smallest absolute Gasteiger partial charge is 0.233 e. The van der Waals surface area contributed by atoms with Gasteiger partial charge in [-0.2, -0.15) is 0 Å². The van der Waals surface area contributed by atoms with Crippen molar-refractivity contribution in [3.63, 3.8) is 0 Å². The van der Waals surface area contributed by atoms with Crippen LogP contribution in [0.4, 0.5) is 5.82 Å². The third-order valence-electron chi connectivity index (χ3n) is 3.71. The van der Waals surface area contributed by atoms with Crippen LogP contribution >= 0.6 is 11.6 Å². The molecule has 1 saturated heterocycles. The number of hydrogen-bond donors (Lipinski definition) is 2. The normalized spacial score (nSPS) is 23.3. The lowest BCUT2D eigenvalue weighted by Gasteiger charge is -2.30. The highest BCUT2D eigenvalue weighted by atomic mass is 35.5. The summed E-state index contributed by atoms with van der Waals surface area (Å²) in [6.45, 7) is 5.77. The number of pyridine rings is 1. The van der Waals surface area contributed by atoms with E-state index in [1.54, 1.807) is 18.3 Å². The Hall–Kier alpha value is -1.13. The Morgan fingerprint density at radius 2 is 2.39 bits per heavy atom. The second-order valence-corrected chi connectivity index (χ2v) is 5.49. The van der Waals surface area contributed by atoms with Gasteiger partial charge in [-0.15, -0.1) is 0 Å². The molecule has 4 nitrogen and oxygen atoms in total. The molecule has 18 heavy (non-hydrogen) atoms. The first kappa shape index (κ1) is 13.3. The average molecular weight is 268 g/mol. The van der Waals surface area contributed by atoms with E-state index in [0.29, 0.717) is 10.8 Å². The second kappa shape index (κ2) is 5.24. The largest absolute Gasteiger partial charge is 0.316 e. The fourth-order valence-corrected chi connectivity index (χ4v) is 2.53. The highest BCUT2D eigenvalue weighted by Gasteiger charge is 2.43. The molecule has 1 amide bonds. The molecule has 98 valence electrons. The Balaban J connectivity index is 2.16. The third kappa shape index (κ3) is 2.49. The van der Waals surface area contributed by atoms with Gasteiger partial charge in [0.05, 0.1) is 5.41 Å². The zero-order chi connectivity index (χ0) is 13.2. The molecule has 1 fully saturated rings. The lowest BCUT2D eigenvalue weighted by molar-refractivity contribution is -0.126. The van der Waals surface area contributed by atoms with Gasteiger partial charge in [-0.25, -0.2) is 4.98 Å². The van der Waals surface area contributed by atoms with Crippen LogP contribution in [-0.2, 0) is 4.79 Å². The number of nitrogens with zero attached hydrogens (tertiary/aromatic N) is 1. The molecule has 2 N–H and O–H groups in total. The summed E-state index contributed by atoms with van der Waals surface area (Å²) in [5.41, 5.74) is -0.343. The van der Waals surface area contributed by atoms with Crippen LogP contribution in [0.1, 0.15) is 20.3 Å². The van der Waals surface area contributed by atoms with Gasteiger partial charge in [-0.1, -0.05) is 25.4 Å². The average Bonchev–Trinajstić information content (AvgIpc) is 2.79. The lowest BCUT2D eigenvalue weighted by Crippen LogP contribution is -2.42. The van der Waals surface area contributed by atoms with Crippen molar-refractivity contribution in [3.8, 4) is 0 Å². The number of carbonyl (C=O) groups is 1. The third-order valence-corrected chi connectivity index (χ3v) is 3.94. The van der Waals surface area contributed by atoms with Crippen molar-refractivity contribution in [3.05, 3.63) is 23.4 Å². The number of aromatic nitrogens is 1. The number of nitrogens with one attached hydrogen (secondary N) is 2. The first-order valence-corrected chi connectivity index (χ1v) is 6.56. The van der Waals surface area contributed by atoms with Crippen LogP contribution in [0.2, 0.25) is 5.02 Å². The quantitative estimate of drug-likeness (QED) is 0.884. The van der Waals surface area contributed by atoms with Crippen LogP contribution in [0.5, 0.6) is 0 Å². The monoisotopic (exact) mass is 267 g/mol. The van der Waals surface area contributed by atoms with Gasteiger partial charge in [0.2, 0.25) is 5.91 Å². The SMILES string of the molecule is CC(C)C1(C(=O)Nc2cc(Cl)ccn2)CCNC1. The summed E-state index contributed by atoms with van der Waals surface area (Å²) in [7, 11) is 0. The van der Waals surface area contributed by atoms with Gasteiger partial charge in [0, 0.05) is 17.8 Å². The zero-order valence-electron chi connectivity index (χ0n) is 10.7. The standard InChI is InChI=1S/C13H18ClN3O/c1-9(2)13(4-6-15-8-13)12(18)17-11-7-10(14)3-5-16-11/h3,5,7,9,15H,4,6,8H2,1-2H3,(H,16,17,18). The molecular formula is C13H18ClN3O. The summed E-state index contributed by atoms with van der Waals surface area (Å²) in [5, 5.41) is 6.71. The maximum atomic E-state index is 12.5. The number of anilines is 1. The number of carbonyl (C=O) groups excluding carboxylic acids is 1. The van der Waals surface area contributed by atoms with Crippen LogP contribution < -0.4 is 10.6 Å². The predicted molar refractivity (Wildman–Crippen MR) is 72.6 cm³/mol. The van der Waals surface area contributed by atoms with E-state index in [1.807, 2.05) is 0 Å². The van der Waals surface area contributed by atoms with Crippen LogP contribution in [0.25, 0.3) is 0 Å². The number of rotatable bonds is 3. The van der Waals surface area contributed by atoms with Gasteiger partial charge in [0.15, 0.2) is 0 Å². The molecular weight excluding hydrogens is 250 g/mol. The Kier molecular flexibility index (Phi) is 3.88. The molecule has 1 aliphatic heterocycles. The molecule has 2 heterocycles. The summed E-state index contributed by atoms with van der Waals surface area (Å²) < 4.78 is 0. The van der Waals surface area contributed by atoms with Gasteiger partial charge < -0.3 is 10.6 Å². The first-order valence-electron chi connectivity index (χ1n) is 6.18. The van der Waals surface area contributed by atoms with Crippen molar-refractivity contribution in [1.82, 2.24) is 10.3 Å². The van der Waals surface area contributed by atoms with Crippen LogP contribution in [-0.4, -0.2) is 24.0 Å². The molecule has 0 bridgehead atoms. The topological polar surface area (TPSA) is 54.0 Å². The molecule has 1 unspecified atom stereocenters. The number of hydrogen-bond acceptors (Lipinski definition) is 3. The fraction of sp³-hybridized carbons (Fsp3) is 0.538. The first-order chi connectivity index (χ1) is 8.54. The molecule has 0 spiro atoms. The van der Waals surface area contributed by atoms with Gasteiger partial charge in [-0.05, 0) is 31.0 Å². The summed E-state index contributed by atoms with van der Waals surface area (Å²) in [6.07, 6.45) is 2.45. The van der Waals surface area contributed by atoms with Gasteiger partial charge in [0.25, 0.3) is 0 Å². The summed E-state index contributed by atoms with van der Waals surface area (Å²) >= 11 is 5.88. The van der Waals surface area contributed by atoms with E-state index >= 15 is 0 Å². The maximum Gasteiger partial charge on any atom is 0.233 e. The van der Waals surface area contributed by atoms with Gasteiger partial charge >= 0.3 is 0 Å². The molecule has 0 radical (unpaired) electrons. The van der Waals surface area contributed by atoms with Gasteiger partial charge in [-0.3, -0.25) is 4.79 Å². The van der Waals surface area contributed by atoms with Crippen molar-refractivity contribution in [2.24, 2.45) is 11.3 Å². The Morgan fingerprint density at radius 3 is 2.94 bits per heavy atom. The predicted octanol–water partition coefficient (Wildman–Crippen LogP) is 2.31. The molecule has 5 heteroatoms. The van der Waals surface area contributed by atoms with E-state index in [0.717, 1.165) is 19.5 Å². The maximum absolute atomic E-state index is 12.5. The van der Waals surface area contributed by atoms with Crippen molar-refractivity contribution >= 4 is 23.3 Å². The molecule has 0 saturated carbocycles. The minimum absolute atomic E-state index is 0.0252. The van der Waals surface area contributed by atoms with E-state index in [1.165, 1.54) is 0 Å². The summed E-state index contributed by atoms with van der Waals surface area (Å²) in [6, 6.07) is 3.35. The number of amides is 1. The summed E-state index contributed by atoms with van der Waals surface area (Å²) in [5.74, 6) is 0.823. The zero-order valence-corrected chi connectivity index (χ0v) is 11.4. The van der Waals surface area contributed by atoms with E-state index in [9.17, 15) is 4.79 Å². The molecule has 0 aliphatic carbocycles. The molecule has 2 rings (SSSR count). The Bertz CT molecular complexity index is 442. The second-order valence-electron chi connectivity index (χ2n) is 5.05. The number of halogens is 1. The fourth-order valence-electron chi connectivity index (χ4n) is 2.37. The van der Waals surface area contributed by atoms with Crippen LogP contribution in [0, 0.1) is 11.3 Å². The van der Waals surface area contributed by atoms with Gasteiger partial charge in [0.1, 0.15) is 5.82 Å². The van der Waals surface area contributed by atoms with Crippen molar-refractivity contribution in [2.75, 3.05) is 18.4 Å². The summed E-state index contributed by atoms with van der Waals surface area (Å²) in [4.78, 5) is 16.6. The molecule has 1 aromatic heterocycles. The van der Waals surface area contributed by atoms with Crippen LogP contribution in [0.15, 0.2) is 18.3 Å². The van der Waals surface area contributed by atoms with Crippen molar-refractivity contribution < 1.29 is 4.79 Å². The van der Waals surface area contributed by atoms with Crippen molar-refractivity contribution in [2.45, 2.75) is 20.3 Å². The molecule has 1 aliphatic rings. The van der Waals surface area contributed by atoms with E-state index in [2.05, 4.69) is 29.5 Å². The highest BCUT2D eigenvalue weighted by molar-refractivity contribution is 6.30. The van der Waals surface area contributed by atoms with E-state index in [-0.39, 0.29) is 17.2 Å². The Morgan fingerprint density at radius 1 is 1.61 bits per heavy atom. The molecule has 0 aromatic carbocycles.